The average molecular weight is 420 g/mol. The first-order chi connectivity index (χ1) is 15.1. The molecule has 3 amide bonds. The van der Waals surface area contributed by atoms with E-state index in [1.54, 1.807) is 17.2 Å². The maximum Gasteiger partial charge on any atom is 0.255 e. The predicted molar refractivity (Wildman–Crippen MR) is 112 cm³/mol. The third kappa shape index (κ3) is 3.76. The Hall–Kier alpha value is -3.33. The van der Waals surface area contributed by atoms with Gasteiger partial charge in [-0.3, -0.25) is 19.7 Å². The van der Waals surface area contributed by atoms with E-state index in [4.69, 9.17) is 0 Å². The molecule has 3 aliphatic rings. The fourth-order valence-corrected chi connectivity index (χ4v) is 4.55. The molecule has 0 radical (unpaired) electrons. The fourth-order valence-electron chi connectivity index (χ4n) is 4.55. The van der Waals surface area contributed by atoms with Crippen molar-refractivity contribution in [3.05, 3.63) is 53.0 Å². The van der Waals surface area contributed by atoms with Crippen LogP contribution in [0.25, 0.3) is 0 Å². The van der Waals surface area contributed by atoms with E-state index in [0.717, 1.165) is 42.2 Å². The van der Waals surface area contributed by atoms with Crippen LogP contribution in [0.2, 0.25) is 0 Å². The molecule has 160 valence electrons. The van der Waals surface area contributed by atoms with E-state index in [0.29, 0.717) is 25.1 Å². The minimum absolute atomic E-state index is 0.164. The molecule has 0 spiro atoms. The molecule has 9 nitrogen and oxygen atoms in total. The molecule has 1 aromatic carbocycles. The van der Waals surface area contributed by atoms with Gasteiger partial charge in [-0.1, -0.05) is 12.1 Å². The highest BCUT2D eigenvalue weighted by Gasteiger charge is 2.39. The molecule has 4 heterocycles. The molecule has 3 aliphatic heterocycles. The fraction of sp³-hybridized carbons (Fsp3) is 0.409. The standard InChI is InChI=1S/C22H24N6O3/c29-19-7-6-17(21(30)27-19)28-12-15-13(3-1-4-14(15)22(28)31)11-25-18-8-10-24-20(26-18)16-5-2-9-23-16/h1,3-4,8,10,16-17,23H,2,5-7,9,11-12H2,(H,24,25,26)(H,27,29,30). The first-order valence-corrected chi connectivity index (χ1v) is 10.7. The van der Waals surface area contributed by atoms with Gasteiger partial charge in [0.1, 0.15) is 17.7 Å². The molecular weight excluding hydrogens is 396 g/mol. The molecule has 2 unspecified atom stereocenters. The van der Waals surface area contributed by atoms with Crippen LogP contribution in [0.5, 0.6) is 0 Å². The lowest BCUT2D eigenvalue weighted by molar-refractivity contribution is -0.136. The Balaban J connectivity index is 1.31. The summed E-state index contributed by atoms with van der Waals surface area (Å²) >= 11 is 0. The van der Waals surface area contributed by atoms with Crippen LogP contribution in [-0.4, -0.2) is 45.2 Å². The van der Waals surface area contributed by atoms with Gasteiger partial charge in [0, 0.05) is 31.3 Å². The molecule has 0 bridgehead atoms. The lowest BCUT2D eigenvalue weighted by atomic mass is 10.0. The molecule has 31 heavy (non-hydrogen) atoms. The summed E-state index contributed by atoms with van der Waals surface area (Å²) in [6.07, 6.45) is 4.52. The van der Waals surface area contributed by atoms with Crippen LogP contribution in [-0.2, 0) is 22.7 Å². The topological polar surface area (TPSA) is 116 Å². The number of amides is 3. The largest absolute Gasteiger partial charge is 0.366 e. The Labute approximate surface area is 179 Å². The van der Waals surface area contributed by atoms with Crippen LogP contribution in [0, 0.1) is 0 Å². The van der Waals surface area contributed by atoms with Crippen molar-refractivity contribution in [2.24, 2.45) is 0 Å². The number of hydrogen-bond acceptors (Lipinski definition) is 7. The van der Waals surface area contributed by atoms with Crippen molar-refractivity contribution < 1.29 is 14.4 Å². The van der Waals surface area contributed by atoms with Crippen LogP contribution < -0.4 is 16.0 Å². The highest BCUT2D eigenvalue weighted by atomic mass is 16.2. The summed E-state index contributed by atoms with van der Waals surface area (Å²) in [6, 6.07) is 7.05. The van der Waals surface area contributed by atoms with Gasteiger partial charge in [-0.25, -0.2) is 9.97 Å². The predicted octanol–water partition coefficient (Wildman–Crippen LogP) is 1.27. The van der Waals surface area contributed by atoms with Crippen molar-refractivity contribution >= 4 is 23.5 Å². The van der Waals surface area contributed by atoms with E-state index >= 15 is 0 Å². The molecule has 3 N–H and O–H groups in total. The lowest BCUT2D eigenvalue weighted by Crippen LogP contribution is -2.52. The maximum atomic E-state index is 13.0. The van der Waals surface area contributed by atoms with Crippen molar-refractivity contribution in [3.63, 3.8) is 0 Å². The Kier molecular flexibility index (Phi) is 5.11. The SMILES string of the molecule is O=C1CCC(N2Cc3c(CNc4ccnc(C5CCCN5)n4)cccc3C2=O)C(=O)N1. The van der Waals surface area contributed by atoms with Crippen LogP contribution in [0.4, 0.5) is 5.82 Å². The van der Waals surface area contributed by atoms with Gasteiger partial charge < -0.3 is 15.5 Å². The van der Waals surface area contributed by atoms with Crippen LogP contribution in [0.1, 0.15) is 59.0 Å². The normalized spacial score (nSPS) is 23.1. The highest BCUT2D eigenvalue weighted by Crippen LogP contribution is 2.30. The molecule has 1 aromatic heterocycles. The number of imide groups is 1. The second kappa shape index (κ2) is 8.07. The Bertz CT molecular complexity index is 1050. The van der Waals surface area contributed by atoms with E-state index in [1.165, 1.54) is 0 Å². The molecule has 2 aromatic rings. The summed E-state index contributed by atoms with van der Waals surface area (Å²) in [6.45, 7) is 1.85. The van der Waals surface area contributed by atoms with Crippen LogP contribution in [0.3, 0.4) is 0 Å². The number of hydrogen-bond donors (Lipinski definition) is 3. The zero-order valence-corrected chi connectivity index (χ0v) is 17.1. The first kappa shape index (κ1) is 19.6. The van der Waals surface area contributed by atoms with Crippen molar-refractivity contribution in [1.82, 2.24) is 25.5 Å². The van der Waals surface area contributed by atoms with E-state index < -0.39 is 11.9 Å². The molecule has 0 aliphatic carbocycles. The summed E-state index contributed by atoms with van der Waals surface area (Å²) in [5, 5.41) is 9.09. The number of nitrogens with zero attached hydrogens (tertiary/aromatic N) is 3. The number of piperidine rings is 1. The summed E-state index contributed by atoms with van der Waals surface area (Å²) in [7, 11) is 0. The third-order valence-corrected chi connectivity index (χ3v) is 6.19. The number of carbonyl (C=O) groups excluding carboxylic acids is 3. The molecule has 5 rings (SSSR count). The van der Waals surface area contributed by atoms with Crippen LogP contribution >= 0.6 is 0 Å². The Morgan fingerprint density at radius 1 is 1.16 bits per heavy atom. The number of aromatic nitrogens is 2. The zero-order chi connectivity index (χ0) is 21.4. The van der Waals surface area contributed by atoms with Crippen molar-refractivity contribution in [2.45, 2.75) is 50.9 Å². The first-order valence-electron chi connectivity index (χ1n) is 10.7. The minimum Gasteiger partial charge on any atom is -0.366 e. The van der Waals surface area contributed by atoms with Gasteiger partial charge in [0.15, 0.2) is 0 Å². The summed E-state index contributed by atoms with van der Waals surface area (Å²) in [5.74, 6) is 0.684. The smallest absolute Gasteiger partial charge is 0.255 e. The molecule has 2 saturated heterocycles. The number of nitrogens with one attached hydrogen (secondary N) is 3. The van der Waals surface area contributed by atoms with Gasteiger partial charge in [0.2, 0.25) is 11.8 Å². The number of benzene rings is 1. The molecule has 2 fully saturated rings. The van der Waals surface area contributed by atoms with E-state index in [9.17, 15) is 14.4 Å². The maximum absolute atomic E-state index is 13.0. The van der Waals surface area contributed by atoms with Crippen molar-refractivity contribution in [1.29, 1.82) is 0 Å². The van der Waals surface area contributed by atoms with E-state index in [1.807, 2.05) is 18.2 Å². The quantitative estimate of drug-likeness (QED) is 0.624. The molecule has 0 saturated carbocycles. The second-order valence-electron chi connectivity index (χ2n) is 8.15. The van der Waals surface area contributed by atoms with E-state index in [2.05, 4.69) is 25.9 Å². The lowest BCUT2D eigenvalue weighted by Gasteiger charge is -2.29. The molecule has 2 atom stereocenters. The zero-order valence-electron chi connectivity index (χ0n) is 17.1. The Morgan fingerprint density at radius 3 is 2.87 bits per heavy atom. The second-order valence-corrected chi connectivity index (χ2v) is 8.15. The average Bonchev–Trinajstić information content (AvgIpc) is 3.42. The van der Waals surface area contributed by atoms with Gasteiger partial charge in [-0.2, -0.15) is 0 Å². The summed E-state index contributed by atoms with van der Waals surface area (Å²) in [4.78, 5) is 47.3. The van der Waals surface area contributed by atoms with E-state index in [-0.39, 0.29) is 24.3 Å². The summed E-state index contributed by atoms with van der Waals surface area (Å²) in [5.41, 5.74) is 2.51. The minimum atomic E-state index is -0.609. The van der Waals surface area contributed by atoms with Gasteiger partial charge in [0.05, 0.1) is 6.04 Å². The summed E-state index contributed by atoms with van der Waals surface area (Å²) < 4.78 is 0. The molecular formula is C22H24N6O3. The van der Waals surface area contributed by atoms with Crippen molar-refractivity contribution in [3.8, 4) is 0 Å². The monoisotopic (exact) mass is 420 g/mol. The van der Waals surface area contributed by atoms with Crippen LogP contribution in [0.15, 0.2) is 30.5 Å². The van der Waals surface area contributed by atoms with Crippen molar-refractivity contribution in [2.75, 3.05) is 11.9 Å². The number of rotatable bonds is 5. The van der Waals surface area contributed by atoms with Gasteiger partial charge in [-0.05, 0) is 49.1 Å². The molecule has 9 heteroatoms. The highest BCUT2D eigenvalue weighted by molar-refractivity contribution is 6.05. The third-order valence-electron chi connectivity index (χ3n) is 6.19. The Morgan fingerprint density at radius 2 is 2.06 bits per heavy atom. The number of anilines is 1. The number of carbonyl (C=O) groups is 3. The van der Waals surface area contributed by atoms with Gasteiger partial charge in [-0.15, -0.1) is 0 Å². The number of fused-ring (bicyclic) bond motifs is 1. The van der Waals surface area contributed by atoms with Gasteiger partial charge >= 0.3 is 0 Å². The van der Waals surface area contributed by atoms with Gasteiger partial charge in [0.25, 0.3) is 5.91 Å².